The van der Waals surface area contributed by atoms with E-state index in [0.717, 1.165) is 109 Å². The molecule has 4 aromatic carbocycles. The van der Waals surface area contributed by atoms with Gasteiger partial charge in [0.05, 0.1) is 17.6 Å². The summed E-state index contributed by atoms with van der Waals surface area (Å²) in [5.74, 6) is 2.03. The molecule has 2 aliphatic heterocycles. The van der Waals surface area contributed by atoms with E-state index in [4.69, 9.17) is 37.0 Å². The largest absolute Gasteiger partial charge is 0.550 e. The number of halogens is 2. The topological polar surface area (TPSA) is 178 Å². The molecular formula is C58H75Cl2N7O6. The molecular weight excluding hydrogens is 962 g/mol. The number of piperidine rings is 2. The van der Waals surface area contributed by atoms with Gasteiger partial charge in [-0.05, 0) is 158 Å². The number of aromatic nitrogens is 4. The van der Waals surface area contributed by atoms with E-state index in [2.05, 4.69) is 109 Å². The van der Waals surface area contributed by atoms with Crippen LogP contribution in [0.4, 0.5) is 0 Å². The van der Waals surface area contributed by atoms with Crippen LogP contribution in [0.3, 0.4) is 0 Å². The van der Waals surface area contributed by atoms with Crippen LogP contribution in [-0.2, 0) is 40.3 Å². The number of ether oxygens (including phenoxy) is 1. The Hall–Kier alpha value is -5.44. The molecule has 0 amide bonds. The average molecular weight is 1040 g/mol. The highest BCUT2D eigenvalue weighted by atomic mass is 35.5. The van der Waals surface area contributed by atoms with Crippen molar-refractivity contribution >= 4 is 35.1 Å². The first-order valence-corrected chi connectivity index (χ1v) is 26.4. The SMILES string of the molecule is CC(C)(C)[NH3+].CC(C)Cc1ccc(-c2nc(-c3ccc(CN4CCC(C)(C(=O)[O-])CC4)cc3)no2)cc1Cl.CCOC(=O)C1(C)CCN(Cc2ccc(-c3noc(-c4ccc(CC(C)C)c(Cl)c4)n3)cc2)CC1. The fourth-order valence-electron chi connectivity index (χ4n) is 8.65. The van der Waals surface area contributed by atoms with Crippen molar-refractivity contribution < 1.29 is 34.2 Å². The van der Waals surface area contributed by atoms with E-state index in [1.165, 1.54) is 5.56 Å². The normalized spacial score (nSPS) is 15.8. The van der Waals surface area contributed by atoms with Crippen molar-refractivity contribution in [1.82, 2.24) is 30.1 Å². The number of rotatable bonds is 15. The fourth-order valence-corrected chi connectivity index (χ4v) is 9.16. The molecule has 2 aliphatic rings. The van der Waals surface area contributed by atoms with Crippen LogP contribution in [0, 0.1) is 22.7 Å². The van der Waals surface area contributed by atoms with Crippen LogP contribution in [0.25, 0.3) is 45.7 Å². The summed E-state index contributed by atoms with van der Waals surface area (Å²) in [4.78, 5) is 37.4. The lowest BCUT2D eigenvalue weighted by molar-refractivity contribution is -0.458. The molecule has 15 heteroatoms. The molecule has 2 saturated heterocycles. The van der Waals surface area contributed by atoms with Crippen molar-refractivity contribution in [3.8, 4) is 45.7 Å². The molecule has 0 unspecified atom stereocenters. The smallest absolute Gasteiger partial charge is 0.311 e. The van der Waals surface area contributed by atoms with Gasteiger partial charge in [-0.15, -0.1) is 0 Å². The van der Waals surface area contributed by atoms with Crippen molar-refractivity contribution in [3.63, 3.8) is 0 Å². The summed E-state index contributed by atoms with van der Waals surface area (Å²) in [5, 5.41) is 21.1. The maximum atomic E-state index is 12.3. The molecule has 2 fully saturated rings. The van der Waals surface area contributed by atoms with Gasteiger partial charge in [0.2, 0.25) is 11.6 Å². The Kier molecular flexibility index (Phi) is 19.6. The lowest BCUT2D eigenvalue weighted by Crippen LogP contribution is -2.67. The minimum Gasteiger partial charge on any atom is -0.550 e. The maximum absolute atomic E-state index is 12.3. The summed E-state index contributed by atoms with van der Waals surface area (Å²) in [5.41, 5.74) is 10.9. The monoisotopic (exact) mass is 1040 g/mol. The molecule has 2 aromatic heterocycles. The summed E-state index contributed by atoms with van der Waals surface area (Å²) in [7, 11) is 0. The van der Waals surface area contributed by atoms with E-state index < -0.39 is 11.4 Å². The third kappa shape index (κ3) is 16.5. The summed E-state index contributed by atoms with van der Waals surface area (Å²) in [6, 6.07) is 28.1. The van der Waals surface area contributed by atoms with Gasteiger partial charge in [-0.3, -0.25) is 14.6 Å². The second kappa shape index (κ2) is 25.2. The zero-order valence-electron chi connectivity index (χ0n) is 44.5. The lowest BCUT2D eigenvalue weighted by Gasteiger charge is -2.40. The van der Waals surface area contributed by atoms with Crippen LogP contribution in [0.5, 0.6) is 0 Å². The van der Waals surface area contributed by atoms with Crippen molar-refractivity contribution in [1.29, 1.82) is 0 Å². The van der Waals surface area contributed by atoms with Crippen molar-refractivity contribution in [2.75, 3.05) is 32.8 Å². The number of likely N-dealkylation sites (tertiary alicyclic amines) is 2. The Morgan fingerprint density at radius 1 is 0.658 bits per heavy atom. The number of hydrogen-bond acceptors (Lipinski definition) is 12. The number of aliphatic carboxylic acids is 1. The van der Waals surface area contributed by atoms with Crippen molar-refractivity contribution in [2.24, 2.45) is 22.7 Å². The molecule has 0 bridgehead atoms. The summed E-state index contributed by atoms with van der Waals surface area (Å²) in [6.45, 7) is 25.9. The molecule has 0 saturated carbocycles. The number of hydrogen-bond donors (Lipinski definition) is 1. The Morgan fingerprint density at radius 2 is 1.01 bits per heavy atom. The number of carbonyl (C=O) groups is 2. The van der Waals surface area contributed by atoms with Gasteiger partial charge >= 0.3 is 5.97 Å². The first-order chi connectivity index (χ1) is 34.5. The molecule has 73 heavy (non-hydrogen) atoms. The predicted molar refractivity (Wildman–Crippen MR) is 287 cm³/mol. The molecule has 4 heterocycles. The first kappa shape index (κ1) is 56.8. The fraction of sp³-hybridized carbons (Fsp3) is 0.483. The lowest BCUT2D eigenvalue weighted by atomic mass is 9.80. The summed E-state index contributed by atoms with van der Waals surface area (Å²) < 4.78 is 16.3. The maximum Gasteiger partial charge on any atom is 0.311 e. The zero-order valence-corrected chi connectivity index (χ0v) is 46.0. The van der Waals surface area contributed by atoms with Crippen molar-refractivity contribution in [2.45, 2.75) is 126 Å². The van der Waals surface area contributed by atoms with Gasteiger partial charge in [-0.1, -0.05) is 129 Å². The number of carboxylic acid groups (broad SMARTS) is 1. The standard InChI is InChI=1S/C28H34ClN3O3.C26H30ClN3O3.C4H11N/c1-5-34-27(33)28(4)12-14-32(15-13-28)18-20-6-8-21(9-7-20)25-30-26(35-31-25)23-11-10-22(16-19(2)3)24(29)17-23;1-17(2)14-20-8-9-21(15-22(20)27)24-28-23(29-33-24)19-6-4-18(5-7-19)16-30-12-10-26(3,11-13-30)25(31)32;1-4(2,3)5/h6-11,17,19H,5,12-16,18H2,1-4H3;4-9,15,17H,10-14,16H2,1-3H3,(H,31,32);5H2,1-3H3. The number of carbonyl (C=O) groups excluding carboxylic acids is 2. The van der Waals surface area contributed by atoms with Gasteiger partial charge < -0.3 is 29.4 Å². The Morgan fingerprint density at radius 3 is 1.34 bits per heavy atom. The third-order valence-corrected chi connectivity index (χ3v) is 13.8. The van der Waals surface area contributed by atoms with Gasteiger partial charge in [-0.2, -0.15) is 9.97 Å². The number of benzene rings is 4. The molecule has 0 radical (unpaired) electrons. The molecule has 0 spiro atoms. The van der Waals surface area contributed by atoms with E-state index in [-0.39, 0.29) is 16.9 Å². The van der Waals surface area contributed by atoms with E-state index in [1.807, 2.05) is 74.5 Å². The van der Waals surface area contributed by atoms with E-state index in [0.29, 0.717) is 59.7 Å². The number of nitrogens with zero attached hydrogens (tertiary/aromatic N) is 6. The van der Waals surface area contributed by atoms with Crippen LogP contribution >= 0.6 is 23.2 Å². The molecule has 8 rings (SSSR count). The Labute approximate surface area is 442 Å². The second-order valence-electron chi connectivity index (χ2n) is 22.3. The summed E-state index contributed by atoms with van der Waals surface area (Å²) in [6.07, 6.45) is 4.72. The minimum atomic E-state index is -0.945. The van der Waals surface area contributed by atoms with Gasteiger partial charge in [0.15, 0.2) is 0 Å². The number of esters is 1. The van der Waals surface area contributed by atoms with E-state index in [1.54, 1.807) is 6.92 Å². The minimum absolute atomic E-state index is 0.0720. The van der Waals surface area contributed by atoms with Gasteiger partial charge in [-0.25, -0.2) is 0 Å². The van der Waals surface area contributed by atoms with Crippen LogP contribution in [-0.4, -0.2) is 80.3 Å². The van der Waals surface area contributed by atoms with E-state index in [9.17, 15) is 14.7 Å². The Balaban J connectivity index is 0.000000218. The molecule has 392 valence electrons. The highest BCUT2D eigenvalue weighted by molar-refractivity contribution is 6.32. The quantitative estimate of drug-likeness (QED) is 0.0964. The zero-order chi connectivity index (χ0) is 53.1. The van der Waals surface area contributed by atoms with Gasteiger partial charge in [0.25, 0.3) is 11.8 Å². The van der Waals surface area contributed by atoms with Crippen LogP contribution in [0.2, 0.25) is 10.0 Å². The second-order valence-corrected chi connectivity index (χ2v) is 23.1. The predicted octanol–water partition coefficient (Wildman–Crippen LogP) is 11.1. The summed E-state index contributed by atoms with van der Waals surface area (Å²) >= 11 is 12.9. The average Bonchev–Trinajstić information content (AvgIpc) is 4.04. The number of carboxylic acids is 1. The molecule has 13 nitrogen and oxygen atoms in total. The van der Waals surface area contributed by atoms with Crippen LogP contribution in [0.1, 0.15) is 117 Å². The molecule has 6 aromatic rings. The Bertz CT molecular complexity index is 2720. The highest BCUT2D eigenvalue weighted by Gasteiger charge is 2.38. The first-order valence-electron chi connectivity index (χ1n) is 25.6. The molecule has 3 N–H and O–H groups in total. The number of quaternary nitrogens is 1. The van der Waals surface area contributed by atoms with Gasteiger partial charge in [0, 0.05) is 56.8 Å². The van der Waals surface area contributed by atoms with Crippen LogP contribution in [0.15, 0.2) is 94.0 Å². The highest BCUT2D eigenvalue weighted by Crippen LogP contribution is 2.35. The third-order valence-electron chi connectivity index (χ3n) is 13.1. The van der Waals surface area contributed by atoms with Crippen molar-refractivity contribution in [3.05, 3.63) is 117 Å². The van der Waals surface area contributed by atoms with Gasteiger partial charge in [0.1, 0.15) is 0 Å². The van der Waals surface area contributed by atoms with Crippen LogP contribution < -0.4 is 10.8 Å². The molecule has 0 aliphatic carbocycles. The molecule has 0 atom stereocenters. The van der Waals surface area contributed by atoms with E-state index >= 15 is 0 Å².